The number of ether oxygens (including phenoxy) is 1. The van der Waals surface area contributed by atoms with Crippen molar-refractivity contribution in [3.05, 3.63) is 23.8 Å². The normalized spacial score (nSPS) is 37.7. The molecule has 7 atom stereocenters. The summed E-state index contributed by atoms with van der Waals surface area (Å²) in [5, 5.41) is 14.1. The summed E-state index contributed by atoms with van der Waals surface area (Å²) in [4.78, 5) is 37.2. The van der Waals surface area contributed by atoms with Crippen molar-refractivity contribution >= 4 is 39.2 Å². The number of hydrogen-bond donors (Lipinski definition) is 2. The molecule has 0 heterocycles. The van der Waals surface area contributed by atoms with Crippen molar-refractivity contribution in [2.24, 2.45) is 34.5 Å². The highest BCUT2D eigenvalue weighted by Gasteiger charge is 2.62. The number of allylic oxidation sites excluding steroid dienone is 4. The van der Waals surface area contributed by atoms with Gasteiger partial charge in [-0.05, 0) is 67.9 Å². The van der Waals surface area contributed by atoms with Crippen molar-refractivity contribution in [1.29, 1.82) is 0 Å². The number of hydrogen-bond acceptors (Lipinski definition) is 7. The number of aliphatic hydroxyl groups excluding tert-OH is 1. The van der Waals surface area contributed by atoms with E-state index >= 15 is 0 Å². The molecule has 6 nitrogen and oxygen atoms in total. The molecule has 0 bridgehead atoms. The van der Waals surface area contributed by atoms with Crippen LogP contribution in [0.15, 0.2) is 23.8 Å². The van der Waals surface area contributed by atoms with Crippen LogP contribution in [0.3, 0.4) is 0 Å². The fourth-order valence-electron chi connectivity index (χ4n) is 7.54. The summed E-state index contributed by atoms with van der Waals surface area (Å²) >= 11 is 0. The Morgan fingerprint density at radius 1 is 1.20 bits per heavy atom. The molecule has 8 heteroatoms. The van der Waals surface area contributed by atoms with E-state index in [-0.39, 0.29) is 40.8 Å². The predicted octanol–water partition coefficient (Wildman–Crippen LogP) is 4.97. The Bertz CT molecular complexity index is 904. The fourth-order valence-corrected chi connectivity index (χ4v) is 9.58. The largest absolute Gasteiger partial charge is 0.442 e. The maximum absolute atomic E-state index is 13.2. The van der Waals surface area contributed by atoms with E-state index in [0.717, 1.165) is 49.2 Å². The molecular formula is C27H39NO5S2. The first kappa shape index (κ1) is 26.8. The highest BCUT2D eigenvalue weighted by atomic mass is 33.1. The van der Waals surface area contributed by atoms with E-state index in [2.05, 4.69) is 26.1 Å². The van der Waals surface area contributed by atoms with Crippen LogP contribution in [0.4, 0.5) is 4.79 Å². The average molecular weight is 522 g/mol. The first-order valence-corrected chi connectivity index (χ1v) is 15.5. The van der Waals surface area contributed by atoms with Crippen LogP contribution in [0.2, 0.25) is 0 Å². The number of ketones is 2. The first-order valence-electron chi connectivity index (χ1n) is 13.0. The minimum Gasteiger partial charge on any atom is -0.442 e. The molecule has 0 spiro atoms. The van der Waals surface area contributed by atoms with Gasteiger partial charge in [-0.25, -0.2) is 4.79 Å². The second-order valence-electron chi connectivity index (χ2n) is 11.0. The number of amides is 1. The summed E-state index contributed by atoms with van der Waals surface area (Å²) in [6, 6.07) is 0. The second-order valence-corrected chi connectivity index (χ2v) is 13.7. The highest BCUT2D eigenvalue weighted by molar-refractivity contribution is 8.76. The molecule has 4 aliphatic carbocycles. The lowest BCUT2D eigenvalue weighted by molar-refractivity contribution is -0.141. The first-order chi connectivity index (χ1) is 16.7. The standard InChI is InChI=1S/C27H39NO5S2/c1-4-12-34-35-13-11-28-25(32)33-16-23(31)21-8-7-20-19-6-5-17-14-18(29)9-10-26(17,2)24(19)22(30)15-27(20,21)3/h9-10,14,19-22,24,30H,4-8,11-13,15-16H2,1-3H3,(H,28,32). The van der Waals surface area contributed by atoms with Crippen molar-refractivity contribution in [2.75, 3.05) is 24.7 Å². The number of nitrogens with one attached hydrogen (secondary N) is 1. The van der Waals surface area contributed by atoms with Gasteiger partial charge in [0.1, 0.15) is 0 Å². The second kappa shape index (κ2) is 11.0. The van der Waals surface area contributed by atoms with Crippen LogP contribution in [0.25, 0.3) is 0 Å². The van der Waals surface area contributed by atoms with Gasteiger partial charge in [-0.3, -0.25) is 9.59 Å². The number of Topliss-reactive ketones (excluding diaryl/α,β-unsaturated/α-hetero) is 1. The van der Waals surface area contributed by atoms with Gasteiger partial charge in [-0.15, -0.1) is 0 Å². The molecule has 35 heavy (non-hydrogen) atoms. The number of carbonyl (C=O) groups excluding carboxylic acids is 3. The number of rotatable bonds is 9. The third-order valence-electron chi connectivity index (χ3n) is 9.05. The number of fused-ring (bicyclic) bond motifs is 5. The van der Waals surface area contributed by atoms with Crippen LogP contribution >= 0.6 is 21.6 Å². The maximum atomic E-state index is 13.2. The molecule has 0 aliphatic heterocycles. The van der Waals surface area contributed by atoms with Crippen LogP contribution in [0.5, 0.6) is 0 Å². The van der Waals surface area contributed by atoms with Crippen molar-refractivity contribution in [3.63, 3.8) is 0 Å². The Morgan fingerprint density at radius 2 is 1.97 bits per heavy atom. The Morgan fingerprint density at radius 3 is 2.74 bits per heavy atom. The van der Waals surface area contributed by atoms with Crippen molar-refractivity contribution in [3.8, 4) is 0 Å². The van der Waals surface area contributed by atoms with E-state index in [4.69, 9.17) is 4.74 Å². The molecule has 0 aromatic heterocycles. The predicted molar refractivity (Wildman–Crippen MR) is 141 cm³/mol. The lowest BCUT2D eigenvalue weighted by Gasteiger charge is -2.58. The highest BCUT2D eigenvalue weighted by Crippen LogP contribution is 2.66. The smallest absolute Gasteiger partial charge is 0.407 e. The van der Waals surface area contributed by atoms with E-state index in [0.29, 0.717) is 24.8 Å². The van der Waals surface area contributed by atoms with E-state index in [9.17, 15) is 19.5 Å². The van der Waals surface area contributed by atoms with E-state index in [1.165, 1.54) is 0 Å². The zero-order chi connectivity index (χ0) is 25.2. The molecule has 4 rings (SSSR count). The molecule has 0 saturated heterocycles. The molecule has 3 saturated carbocycles. The van der Waals surface area contributed by atoms with Gasteiger partial charge in [-0.2, -0.15) is 0 Å². The monoisotopic (exact) mass is 521 g/mol. The van der Waals surface area contributed by atoms with Crippen LogP contribution in [-0.4, -0.2) is 53.5 Å². The molecule has 1 amide bonds. The Balaban J connectivity index is 1.35. The lowest BCUT2D eigenvalue weighted by Crippen LogP contribution is -2.56. The van der Waals surface area contributed by atoms with Gasteiger partial charge in [0.15, 0.2) is 18.2 Å². The third-order valence-corrected chi connectivity index (χ3v) is 11.7. The number of aliphatic hydroxyl groups is 1. The Hall–Kier alpha value is -1.25. The molecular weight excluding hydrogens is 482 g/mol. The molecule has 0 radical (unpaired) electrons. The average Bonchev–Trinajstić information content (AvgIpc) is 3.16. The van der Waals surface area contributed by atoms with Crippen LogP contribution in [-0.2, 0) is 14.3 Å². The summed E-state index contributed by atoms with van der Waals surface area (Å²) in [7, 11) is 3.52. The summed E-state index contributed by atoms with van der Waals surface area (Å²) in [5.41, 5.74) is 0.547. The van der Waals surface area contributed by atoms with Crippen molar-refractivity contribution in [2.45, 2.75) is 65.4 Å². The van der Waals surface area contributed by atoms with E-state index in [1.54, 1.807) is 33.7 Å². The van der Waals surface area contributed by atoms with E-state index < -0.39 is 12.2 Å². The van der Waals surface area contributed by atoms with Crippen molar-refractivity contribution in [1.82, 2.24) is 5.32 Å². The molecule has 3 fully saturated rings. The third kappa shape index (κ3) is 5.26. The van der Waals surface area contributed by atoms with Crippen LogP contribution in [0, 0.1) is 34.5 Å². The SMILES string of the molecule is CCCSSCCNC(=O)OCC(=O)C1CCC2C3CCC4=CC(=O)C=CC4(C)C3C(O)CC12C. The van der Waals surface area contributed by atoms with Gasteiger partial charge in [-0.1, -0.05) is 54.0 Å². The molecule has 0 aromatic rings. The lowest BCUT2D eigenvalue weighted by atomic mass is 9.46. The minimum absolute atomic E-state index is 0.0329. The number of alkyl carbamates (subject to hydrolysis) is 1. The zero-order valence-electron chi connectivity index (χ0n) is 21.1. The van der Waals surface area contributed by atoms with Gasteiger partial charge in [0.05, 0.1) is 6.10 Å². The van der Waals surface area contributed by atoms with Gasteiger partial charge >= 0.3 is 6.09 Å². The van der Waals surface area contributed by atoms with Crippen LogP contribution in [0.1, 0.15) is 59.3 Å². The maximum Gasteiger partial charge on any atom is 0.407 e. The fraction of sp³-hybridized carbons (Fsp3) is 0.741. The summed E-state index contributed by atoms with van der Waals surface area (Å²) < 4.78 is 5.27. The van der Waals surface area contributed by atoms with Gasteiger partial charge < -0.3 is 15.2 Å². The molecule has 7 unspecified atom stereocenters. The molecule has 2 N–H and O–H groups in total. The minimum atomic E-state index is -0.541. The number of carbonyl (C=O) groups is 3. The quantitative estimate of drug-likeness (QED) is 0.327. The summed E-state index contributed by atoms with van der Waals surface area (Å²) in [5.74, 6) is 2.42. The summed E-state index contributed by atoms with van der Waals surface area (Å²) in [6.45, 7) is 6.76. The molecule has 194 valence electrons. The Labute approximate surface area is 216 Å². The van der Waals surface area contributed by atoms with Crippen LogP contribution < -0.4 is 5.32 Å². The van der Waals surface area contributed by atoms with E-state index in [1.807, 2.05) is 6.08 Å². The topological polar surface area (TPSA) is 92.7 Å². The molecule has 4 aliphatic rings. The summed E-state index contributed by atoms with van der Waals surface area (Å²) in [6.07, 6.45) is 9.60. The van der Waals surface area contributed by atoms with Crippen molar-refractivity contribution < 1.29 is 24.2 Å². The Kier molecular flexibility index (Phi) is 8.43. The molecule has 0 aromatic carbocycles. The van der Waals surface area contributed by atoms with Gasteiger partial charge in [0, 0.05) is 35.3 Å². The van der Waals surface area contributed by atoms with Gasteiger partial charge in [0.2, 0.25) is 0 Å². The van der Waals surface area contributed by atoms with Gasteiger partial charge in [0.25, 0.3) is 0 Å². The zero-order valence-corrected chi connectivity index (χ0v) is 22.7.